The molecule has 0 N–H and O–H groups in total. The van der Waals surface area contributed by atoms with Crippen molar-refractivity contribution in [3.63, 3.8) is 0 Å². The summed E-state index contributed by atoms with van der Waals surface area (Å²) < 4.78 is 79.9. The fourth-order valence-corrected chi connectivity index (χ4v) is 6.00. The maximum absolute atomic E-state index is 13.3. The third-order valence-electron chi connectivity index (χ3n) is 8.22. The molecule has 0 amide bonds. The lowest BCUT2D eigenvalue weighted by atomic mass is 9.73. The van der Waals surface area contributed by atoms with E-state index in [0.29, 0.717) is 5.56 Å². The van der Waals surface area contributed by atoms with Gasteiger partial charge < -0.3 is 0 Å². The molecule has 2 atom stereocenters. The summed E-state index contributed by atoms with van der Waals surface area (Å²) in [7, 11) is 0. The first-order chi connectivity index (χ1) is 20.3. The van der Waals surface area contributed by atoms with E-state index < -0.39 is 23.5 Å². The van der Waals surface area contributed by atoms with Gasteiger partial charge in [-0.3, -0.25) is 0 Å². The average molecular weight is 589 g/mol. The Morgan fingerprint density at radius 2 is 1.37 bits per heavy atom. The summed E-state index contributed by atoms with van der Waals surface area (Å²) in [4.78, 5) is 0. The maximum Gasteiger partial charge on any atom is 0.416 e. The van der Waals surface area contributed by atoms with Gasteiger partial charge in [0, 0.05) is 5.92 Å². The fourth-order valence-electron chi connectivity index (χ4n) is 6.00. The topological polar surface area (TPSA) is 0 Å². The van der Waals surface area contributed by atoms with Crippen molar-refractivity contribution in [3.8, 4) is 11.1 Å². The third-order valence-corrected chi connectivity index (χ3v) is 8.22. The van der Waals surface area contributed by atoms with Crippen molar-refractivity contribution in [1.29, 1.82) is 0 Å². The molecule has 0 bridgehead atoms. The van der Waals surface area contributed by atoms with Gasteiger partial charge in [0.1, 0.15) is 0 Å². The van der Waals surface area contributed by atoms with Crippen molar-refractivity contribution in [3.05, 3.63) is 140 Å². The Bertz CT molecular complexity index is 1920. The van der Waals surface area contributed by atoms with Crippen molar-refractivity contribution in [2.24, 2.45) is 5.92 Å². The minimum Gasteiger partial charge on any atom is -0.166 e. The van der Waals surface area contributed by atoms with E-state index in [4.69, 9.17) is 0 Å². The summed E-state index contributed by atoms with van der Waals surface area (Å²) >= 11 is 0. The molecule has 0 fully saturated rings. The van der Waals surface area contributed by atoms with E-state index in [9.17, 15) is 26.3 Å². The number of benzene rings is 4. The van der Waals surface area contributed by atoms with Gasteiger partial charge >= 0.3 is 12.4 Å². The first-order valence-corrected chi connectivity index (χ1v) is 13.9. The van der Waals surface area contributed by atoms with Crippen LogP contribution in [0.1, 0.15) is 47.6 Å². The lowest BCUT2D eigenvalue weighted by Crippen LogP contribution is -2.39. The van der Waals surface area contributed by atoms with E-state index in [0.717, 1.165) is 73.0 Å². The van der Waals surface area contributed by atoms with Gasteiger partial charge in [0.15, 0.2) is 0 Å². The molecule has 43 heavy (non-hydrogen) atoms. The molecule has 0 spiro atoms. The Kier molecular flexibility index (Phi) is 7.99. The molecule has 0 aromatic heterocycles. The molecule has 0 nitrogen and oxygen atoms in total. The van der Waals surface area contributed by atoms with E-state index >= 15 is 0 Å². The zero-order valence-corrected chi connectivity index (χ0v) is 23.9. The van der Waals surface area contributed by atoms with E-state index in [2.05, 4.69) is 19.6 Å². The normalized spacial score (nSPS) is 17.7. The van der Waals surface area contributed by atoms with Crippen molar-refractivity contribution >= 4 is 24.3 Å². The number of hydrogen-bond acceptors (Lipinski definition) is 0. The summed E-state index contributed by atoms with van der Waals surface area (Å²) in [6.45, 7) is 10.4. The second-order valence-corrected chi connectivity index (χ2v) is 10.9. The van der Waals surface area contributed by atoms with Crippen LogP contribution in [0.4, 0.5) is 26.3 Å². The SMILES string of the molecule is C=c1c(C2=c3ccccc3=CC(c3ccc(C(F)(F)F)cc3)C2C)c(C)c(-c2ccc(C(F)(F)F)cc2)c/c1=C/C=C\C. The number of allylic oxidation sites excluding steroid dienone is 2. The Morgan fingerprint density at radius 1 is 0.791 bits per heavy atom. The largest absolute Gasteiger partial charge is 0.416 e. The van der Waals surface area contributed by atoms with Crippen LogP contribution < -0.4 is 20.9 Å². The molecule has 5 rings (SSSR count). The molecule has 0 heterocycles. The Labute approximate surface area is 246 Å². The number of halogens is 6. The maximum atomic E-state index is 13.3. The highest BCUT2D eigenvalue weighted by molar-refractivity contribution is 5.81. The predicted molar refractivity (Wildman–Crippen MR) is 162 cm³/mol. The summed E-state index contributed by atoms with van der Waals surface area (Å²) in [5.74, 6) is -0.369. The van der Waals surface area contributed by atoms with Crippen LogP contribution in [0.25, 0.3) is 35.4 Å². The first kappa shape index (κ1) is 30.1. The highest BCUT2D eigenvalue weighted by Gasteiger charge is 2.32. The molecule has 6 heteroatoms. The Hall–Kier alpha value is -4.32. The standard InChI is InChI=1S/C37H30F6/c1-5-6-9-27-20-32(25-12-16-29(17-13-25)36(38,39)40)23(3)34(22(27)2)35-24(4)33(21-28-10-7-8-11-31(28)35)26-14-18-30(19-15-26)37(41,42)43/h5-21,24,33H,2H2,1,3-4H3/b6-5-,27-9-. The summed E-state index contributed by atoms with van der Waals surface area (Å²) in [6.07, 6.45) is -1.07. The van der Waals surface area contributed by atoms with Crippen LogP contribution in [-0.2, 0) is 12.4 Å². The molecule has 0 saturated carbocycles. The highest BCUT2D eigenvalue weighted by atomic mass is 19.4. The van der Waals surface area contributed by atoms with Crippen LogP contribution >= 0.6 is 0 Å². The first-order valence-electron chi connectivity index (χ1n) is 13.9. The van der Waals surface area contributed by atoms with Crippen molar-refractivity contribution < 1.29 is 26.3 Å². The number of fused-ring (bicyclic) bond motifs is 1. The number of hydrogen-bond donors (Lipinski definition) is 0. The van der Waals surface area contributed by atoms with E-state index in [1.165, 1.54) is 24.3 Å². The molecule has 4 aromatic rings. The van der Waals surface area contributed by atoms with Crippen LogP contribution in [-0.4, -0.2) is 0 Å². The van der Waals surface area contributed by atoms with Gasteiger partial charge in [-0.25, -0.2) is 0 Å². The molecule has 0 radical (unpaired) electrons. The Morgan fingerprint density at radius 3 is 1.95 bits per heavy atom. The minimum atomic E-state index is -4.44. The Balaban J connectivity index is 1.78. The highest BCUT2D eigenvalue weighted by Crippen LogP contribution is 2.39. The second-order valence-electron chi connectivity index (χ2n) is 10.9. The van der Waals surface area contributed by atoms with Crippen molar-refractivity contribution in [2.45, 2.75) is 39.0 Å². The quantitative estimate of drug-likeness (QED) is 0.213. The van der Waals surface area contributed by atoms with Crippen LogP contribution in [0.15, 0.2) is 91.0 Å². The van der Waals surface area contributed by atoms with Crippen LogP contribution in [0.3, 0.4) is 0 Å². The van der Waals surface area contributed by atoms with Crippen LogP contribution in [0.5, 0.6) is 0 Å². The van der Waals surface area contributed by atoms with Gasteiger partial charge in [-0.15, -0.1) is 0 Å². The molecule has 2 unspecified atom stereocenters. The van der Waals surface area contributed by atoms with Crippen molar-refractivity contribution in [1.82, 2.24) is 0 Å². The molecule has 1 aliphatic carbocycles. The van der Waals surface area contributed by atoms with Gasteiger partial charge in [-0.05, 0) is 104 Å². The summed E-state index contributed by atoms with van der Waals surface area (Å²) in [6, 6.07) is 20.3. The molecular weight excluding hydrogens is 558 g/mol. The number of rotatable bonds is 4. The molecule has 220 valence electrons. The van der Waals surface area contributed by atoms with E-state index in [1.54, 1.807) is 0 Å². The third kappa shape index (κ3) is 5.83. The average Bonchev–Trinajstić information content (AvgIpc) is 2.97. The van der Waals surface area contributed by atoms with E-state index in [-0.39, 0.29) is 11.8 Å². The molecule has 4 aromatic carbocycles. The monoisotopic (exact) mass is 588 g/mol. The number of alkyl halides is 6. The lowest BCUT2D eigenvalue weighted by molar-refractivity contribution is -0.138. The van der Waals surface area contributed by atoms with Gasteiger partial charge in [0.2, 0.25) is 0 Å². The van der Waals surface area contributed by atoms with Gasteiger partial charge in [-0.1, -0.05) is 86.3 Å². The van der Waals surface area contributed by atoms with Crippen molar-refractivity contribution in [2.75, 3.05) is 0 Å². The van der Waals surface area contributed by atoms with Gasteiger partial charge in [0.05, 0.1) is 11.1 Å². The fraction of sp³-hybridized carbons (Fsp3) is 0.189. The zero-order valence-electron chi connectivity index (χ0n) is 23.9. The van der Waals surface area contributed by atoms with Gasteiger partial charge in [-0.2, -0.15) is 26.3 Å². The molecule has 1 aliphatic rings. The molecular formula is C37H30F6. The van der Waals surface area contributed by atoms with Crippen LogP contribution in [0.2, 0.25) is 0 Å². The molecule has 0 aliphatic heterocycles. The lowest BCUT2D eigenvalue weighted by Gasteiger charge is -2.30. The smallest absolute Gasteiger partial charge is 0.166 e. The zero-order chi connectivity index (χ0) is 31.1. The second kappa shape index (κ2) is 11.4. The summed E-state index contributed by atoms with van der Waals surface area (Å²) in [5.41, 5.74) is 3.51. The predicted octanol–water partition coefficient (Wildman–Crippen LogP) is 7.88. The van der Waals surface area contributed by atoms with Crippen LogP contribution in [0, 0.1) is 12.8 Å². The van der Waals surface area contributed by atoms with Gasteiger partial charge in [0.25, 0.3) is 0 Å². The molecule has 0 saturated heterocycles. The van der Waals surface area contributed by atoms with E-state index in [1.807, 2.05) is 62.4 Å². The summed E-state index contributed by atoms with van der Waals surface area (Å²) in [5, 5.41) is 3.55. The minimum absolute atomic E-state index is 0.150.